The van der Waals surface area contributed by atoms with Crippen molar-refractivity contribution in [3.05, 3.63) is 29.8 Å². The molecule has 1 aromatic carbocycles. The first-order valence-corrected chi connectivity index (χ1v) is 13.6. The lowest BCUT2D eigenvalue weighted by molar-refractivity contribution is -0.140. The Morgan fingerprint density at radius 1 is 1.19 bits per heavy atom. The summed E-state index contributed by atoms with van der Waals surface area (Å²) in [5.41, 5.74) is 0.457. The summed E-state index contributed by atoms with van der Waals surface area (Å²) in [5.74, 6) is 6.08. The van der Waals surface area contributed by atoms with Gasteiger partial charge in [0.25, 0.3) is 0 Å². The Labute approximate surface area is 187 Å². The molecule has 2 rings (SSSR count). The zero-order chi connectivity index (χ0) is 23.2. The maximum atomic E-state index is 12.1. The Kier molecular flexibility index (Phi) is 8.32. The lowest BCUT2D eigenvalue weighted by Crippen LogP contribution is -2.63. The molecule has 1 fully saturated rings. The summed E-state index contributed by atoms with van der Waals surface area (Å²) >= 11 is 0. The Morgan fingerprint density at radius 2 is 1.84 bits per heavy atom. The highest BCUT2D eigenvalue weighted by atomic mass is 28.4. The van der Waals surface area contributed by atoms with E-state index in [1.165, 1.54) is 0 Å². The van der Waals surface area contributed by atoms with Gasteiger partial charge in [0.1, 0.15) is 5.75 Å². The molecule has 170 valence electrons. The molecule has 0 radical (unpaired) electrons. The first-order valence-electron chi connectivity index (χ1n) is 10.7. The number of carbonyl (C=O) groups is 2. The Balaban J connectivity index is 1.76. The standard InChI is InChI=1S/C24H35NO5Si/c1-17(30-31(6,7)24(2,3)4)21-20(25-22(21)26)11-9-8-10-16-29-23(27)18-12-14-19(28-5)15-13-18/h12-15,17,20-21H,9,11,16H2,1-7H3,(H,25,26)/t17-,20-,21-/m1/s1. The van der Waals surface area contributed by atoms with Crippen LogP contribution >= 0.6 is 0 Å². The first-order chi connectivity index (χ1) is 14.5. The molecule has 0 unspecified atom stereocenters. The number of methoxy groups -OCH3 is 1. The fourth-order valence-corrected chi connectivity index (χ4v) is 4.67. The van der Waals surface area contributed by atoms with E-state index in [1.807, 2.05) is 6.92 Å². The minimum absolute atomic E-state index is 0.0379. The molecule has 0 spiro atoms. The third kappa shape index (κ3) is 6.59. The lowest BCUT2D eigenvalue weighted by atomic mass is 9.83. The monoisotopic (exact) mass is 445 g/mol. The predicted molar refractivity (Wildman–Crippen MR) is 123 cm³/mol. The number of amides is 1. The van der Waals surface area contributed by atoms with Crippen molar-refractivity contribution in [3.63, 3.8) is 0 Å². The SMILES string of the molecule is COc1ccc(C(=O)OCC#CCC[C@H]2NC(=O)[C@@H]2[C@@H](C)O[Si](C)(C)C(C)(C)C)cc1. The molecule has 1 amide bonds. The van der Waals surface area contributed by atoms with Crippen LogP contribution in [0.5, 0.6) is 5.75 Å². The summed E-state index contributed by atoms with van der Waals surface area (Å²) in [7, 11) is -0.357. The second-order valence-electron chi connectivity index (χ2n) is 9.42. The second-order valence-corrected chi connectivity index (χ2v) is 14.2. The minimum atomic E-state index is -1.93. The summed E-state index contributed by atoms with van der Waals surface area (Å²) in [4.78, 5) is 24.1. The average Bonchev–Trinajstić information content (AvgIpc) is 2.67. The maximum absolute atomic E-state index is 12.1. The van der Waals surface area contributed by atoms with Gasteiger partial charge >= 0.3 is 5.97 Å². The largest absolute Gasteiger partial charge is 0.497 e. The van der Waals surface area contributed by atoms with Crippen LogP contribution in [0.1, 0.15) is 50.9 Å². The number of β-lactam (4-membered cyclic amide) rings is 1. The molecule has 0 aliphatic carbocycles. The number of hydrogen-bond donors (Lipinski definition) is 1. The molecular formula is C24H35NO5Si. The van der Waals surface area contributed by atoms with Crippen molar-refractivity contribution in [1.82, 2.24) is 5.32 Å². The second kappa shape index (κ2) is 10.3. The van der Waals surface area contributed by atoms with Gasteiger partial charge < -0.3 is 19.2 Å². The highest BCUT2D eigenvalue weighted by Gasteiger charge is 2.46. The number of hydrogen-bond acceptors (Lipinski definition) is 5. The van der Waals surface area contributed by atoms with Crippen LogP contribution in [0.4, 0.5) is 0 Å². The molecule has 1 heterocycles. The van der Waals surface area contributed by atoms with E-state index in [0.29, 0.717) is 17.7 Å². The molecule has 0 aromatic heterocycles. The molecule has 1 aliphatic heterocycles. The van der Waals surface area contributed by atoms with Crippen molar-refractivity contribution in [1.29, 1.82) is 0 Å². The highest BCUT2D eigenvalue weighted by molar-refractivity contribution is 6.74. The Bertz CT molecular complexity index is 832. The van der Waals surface area contributed by atoms with Crippen molar-refractivity contribution in [2.24, 2.45) is 5.92 Å². The van der Waals surface area contributed by atoms with Crippen LogP contribution in [0.15, 0.2) is 24.3 Å². The van der Waals surface area contributed by atoms with Gasteiger partial charge in [-0.25, -0.2) is 4.79 Å². The third-order valence-corrected chi connectivity index (χ3v) is 10.7. The van der Waals surface area contributed by atoms with Gasteiger partial charge in [0.05, 0.1) is 24.7 Å². The smallest absolute Gasteiger partial charge is 0.339 e. The molecule has 31 heavy (non-hydrogen) atoms. The number of rotatable bonds is 8. The number of benzene rings is 1. The average molecular weight is 446 g/mol. The van der Waals surface area contributed by atoms with Crippen LogP contribution in [0, 0.1) is 17.8 Å². The molecule has 1 aromatic rings. The van der Waals surface area contributed by atoms with E-state index in [2.05, 4.69) is 51.0 Å². The summed E-state index contributed by atoms with van der Waals surface area (Å²) in [5, 5.41) is 3.07. The molecule has 7 heteroatoms. The quantitative estimate of drug-likeness (QED) is 0.281. The van der Waals surface area contributed by atoms with E-state index in [0.717, 1.165) is 6.42 Å². The first kappa shape index (κ1) is 25.0. The summed E-state index contributed by atoms with van der Waals surface area (Å²) in [6, 6.07) is 6.80. The maximum Gasteiger partial charge on any atom is 0.339 e. The van der Waals surface area contributed by atoms with E-state index in [9.17, 15) is 9.59 Å². The zero-order valence-electron chi connectivity index (χ0n) is 19.7. The van der Waals surface area contributed by atoms with Crippen LogP contribution in [0.25, 0.3) is 0 Å². The number of nitrogens with one attached hydrogen (secondary N) is 1. The summed E-state index contributed by atoms with van der Waals surface area (Å²) in [6.45, 7) is 13.0. The van der Waals surface area contributed by atoms with E-state index < -0.39 is 14.3 Å². The Hall–Kier alpha value is -2.30. The van der Waals surface area contributed by atoms with Crippen LogP contribution in [0.3, 0.4) is 0 Å². The molecule has 0 saturated carbocycles. The highest BCUT2D eigenvalue weighted by Crippen LogP contribution is 2.39. The molecule has 6 nitrogen and oxygen atoms in total. The summed E-state index contributed by atoms with van der Waals surface area (Å²) < 4.78 is 16.7. The van der Waals surface area contributed by atoms with Crippen molar-refractivity contribution in [3.8, 4) is 17.6 Å². The number of carbonyl (C=O) groups excluding carboxylic acids is 2. The van der Waals surface area contributed by atoms with Crippen molar-refractivity contribution in [2.75, 3.05) is 13.7 Å². The van der Waals surface area contributed by atoms with Gasteiger partial charge in [0.2, 0.25) is 5.91 Å². The Morgan fingerprint density at radius 3 is 2.39 bits per heavy atom. The van der Waals surface area contributed by atoms with Gasteiger partial charge in [-0.3, -0.25) is 4.79 Å². The fraction of sp³-hybridized carbons (Fsp3) is 0.583. The molecular weight excluding hydrogens is 410 g/mol. The van der Waals surface area contributed by atoms with Crippen LogP contribution < -0.4 is 10.1 Å². The molecule has 1 aliphatic rings. The topological polar surface area (TPSA) is 73.9 Å². The molecule has 0 bridgehead atoms. The van der Waals surface area contributed by atoms with Crippen LogP contribution in [0.2, 0.25) is 18.1 Å². The van der Waals surface area contributed by atoms with Gasteiger partial charge in [-0.05, 0) is 55.7 Å². The van der Waals surface area contributed by atoms with Gasteiger partial charge in [-0.15, -0.1) is 0 Å². The van der Waals surface area contributed by atoms with E-state index >= 15 is 0 Å². The van der Waals surface area contributed by atoms with Gasteiger partial charge in [0, 0.05) is 12.5 Å². The molecule has 1 saturated heterocycles. The van der Waals surface area contributed by atoms with Gasteiger partial charge in [0.15, 0.2) is 14.9 Å². The van der Waals surface area contributed by atoms with E-state index in [-0.39, 0.29) is 35.6 Å². The van der Waals surface area contributed by atoms with Crippen molar-refractivity contribution in [2.45, 2.75) is 70.8 Å². The van der Waals surface area contributed by atoms with Gasteiger partial charge in [-0.1, -0.05) is 32.6 Å². The van der Waals surface area contributed by atoms with E-state index in [4.69, 9.17) is 13.9 Å². The summed E-state index contributed by atoms with van der Waals surface area (Å²) in [6.07, 6.45) is 1.26. The fourth-order valence-electron chi connectivity index (χ4n) is 3.24. The normalized spacial score (nSPS) is 19.4. The van der Waals surface area contributed by atoms with Gasteiger partial charge in [-0.2, -0.15) is 0 Å². The third-order valence-electron chi connectivity index (χ3n) is 6.16. The lowest BCUT2D eigenvalue weighted by Gasteiger charge is -2.45. The molecule has 3 atom stereocenters. The number of esters is 1. The van der Waals surface area contributed by atoms with Crippen LogP contribution in [-0.4, -0.2) is 46.1 Å². The van der Waals surface area contributed by atoms with Crippen molar-refractivity contribution < 1.29 is 23.5 Å². The van der Waals surface area contributed by atoms with E-state index in [1.54, 1.807) is 31.4 Å². The molecule has 1 N–H and O–H groups in total. The minimum Gasteiger partial charge on any atom is -0.497 e. The van der Waals surface area contributed by atoms with Crippen molar-refractivity contribution >= 4 is 20.2 Å². The number of ether oxygens (including phenoxy) is 2. The van der Waals surface area contributed by atoms with Crippen LogP contribution in [-0.2, 0) is 14.0 Å². The zero-order valence-corrected chi connectivity index (χ0v) is 20.7. The predicted octanol–water partition coefficient (Wildman–Crippen LogP) is 4.16.